The molecule has 0 spiro atoms. The van der Waals surface area contributed by atoms with Gasteiger partial charge in [-0.2, -0.15) is 0 Å². The maximum atomic E-state index is 11.4. The molecule has 88 valence electrons. The molecule has 0 radical (unpaired) electrons. The Bertz CT molecular complexity index is 586. The number of oxazole rings is 1. The smallest absolute Gasteiger partial charge is 0.231 e. The van der Waals surface area contributed by atoms with E-state index in [1.54, 1.807) is 25.1 Å². The molecule has 0 saturated carbocycles. The number of hydrogen-bond acceptors (Lipinski definition) is 4. The highest BCUT2D eigenvalue weighted by atomic mass is 16.3. The number of ketones is 1. The summed E-state index contributed by atoms with van der Waals surface area (Å²) in [6.45, 7) is 3.14. The Labute approximate surface area is 97.8 Å². The van der Waals surface area contributed by atoms with Crippen LogP contribution >= 0.6 is 0 Å². The lowest BCUT2D eigenvalue weighted by molar-refractivity contribution is -0.124. The number of anilines is 1. The normalized spacial score (nSPS) is 10.5. The van der Waals surface area contributed by atoms with Crippen LogP contribution in [0.3, 0.4) is 0 Å². The second kappa shape index (κ2) is 4.37. The van der Waals surface area contributed by atoms with Gasteiger partial charge < -0.3 is 9.73 Å². The van der Waals surface area contributed by atoms with Crippen LogP contribution in [-0.2, 0) is 9.59 Å². The minimum absolute atomic E-state index is 0.115. The van der Waals surface area contributed by atoms with Gasteiger partial charge in [-0.1, -0.05) is 0 Å². The summed E-state index contributed by atoms with van der Waals surface area (Å²) in [4.78, 5) is 26.3. The van der Waals surface area contributed by atoms with Gasteiger partial charge in [-0.25, -0.2) is 4.98 Å². The Hall–Kier alpha value is -2.17. The molecule has 1 N–H and O–H groups in total. The van der Waals surface area contributed by atoms with Crippen LogP contribution in [0.15, 0.2) is 22.6 Å². The molecule has 0 aliphatic heterocycles. The Morgan fingerprint density at radius 3 is 2.88 bits per heavy atom. The number of hydrogen-bond donors (Lipinski definition) is 1. The van der Waals surface area contributed by atoms with E-state index in [0.717, 1.165) is 0 Å². The van der Waals surface area contributed by atoms with E-state index in [-0.39, 0.29) is 18.1 Å². The third-order valence-electron chi connectivity index (χ3n) is 2.19. The predicted molar refractivity (Wildman–Crippen MR) is 62.7 cm³/mol. The summed E-state index contributed by atoms with van der Waals surface area (Å²) in [5.74, 6) is 0.0881. The average Bonchev–Trinajstić information content (AvgIpc) is 2.55. The van der Waals surface area contributed by atoms with Crippen molar-refractivity contribution in [2.24, 2.45) is 0 Å². The maximum Gasteiger partial charge on any atom is 0.231 e. The van der Waals surface area contributed by atoms with Gasteiger partial charge in [-0.15, -0.1) is 0 Å². The zero-order valence-electron chi connectivity index (χ0n) is 9.61. The Morgan fingerprint density at radius 2 is 2.18 bits per heavy atom. The fourth-order valence-corrected chi connectivity index (χ4v) is 1.55. The molecular formula is C12H12N2O3. The summed E-state index contributed by atoms with van der Waals surface area (Å²) in [5, 5.41) is 2.63. The molecule has 1 aromatic heterocycles. The fraction of sp³-hybridized carbons (Fsp3) is 0.250. The van der Waals surface area contributed by atoms with E-state index in [1.807, 2.05) is 0 Å². The van der Waals surface area contributed by atoms with Gasteiger partial charge in [0.1, 0.15) is 11.3 Å². The number of nitrogens with one attached hydrogen (secondary N) is 1. The molecule has 0 unspecified atom stereocenters. The van der Waals surface area contributed by atoms with Gasteiger partial charge in [-0.3, -0.25) is 9.59 Å². The molecular weight excluding hydrogens is 220 g/mol. The molecule has 0 fully saturated rings. The molecule has 0 bridgehead atoms. The molecule has 0 aliphatic carbocycles. The number of rotatable bonds is 3. The average molecular weight is 232 g/mol. The van der Waals surface area contributed by atoms with Gasteiger partial charge in [0.05, 0.1) is 6.42 Å². The highest BCUT2D eigenvalue weighted by Crippen LogP contribution is 2.19. The summed E-state index contributed by atoms with van der Waals surface area (Å²) in [6, 6.07) is 5.16. The van der Waals surface area contributed by atoms with Crippen LogP contribution in [0.1, 0.15) is 19.2 Å². The van der Waals surface area contributed by atoms with Crippen LogP contribution < -0.4 is 5.32 Å². The number of fused-ring (bicyclic) bond motifs is 1. The van der Waals surface area contributed by atoms with Crippen LogP contribution in [0.2, 0.25) is 0 Å². The van der Waals surface area contributed by atoms with Crippen molar-refractivity contribution in [2.75, 3.05) is 5.32 Å². The van der Waals surface area contributed by atoms with Crippen molar-refractivity contribution in [3.8, 4) is 0 Å². The van der Waals surface area contributed by atoms with E-state index in [4.69, 9.17) is 4.42 Å². The standard InChI is InChI=1S/C12H12N2O3/c1-7(15)5-12(16)14-9-3-4-11-10(6-9)13-8(2)17-11/h3-4,6H,5H2,1-2H3,(H,14,16). The van der Waals surface area contributed by atoms with Crippen LogP contribution in [0, 0.1) is 6.92 Å². The number of aryl methyl sites for hydroxylation is 1. The first-order valence-electron chi connectivity index (χ1n) is 5.21. The number of amides is 1. The Kier molecular flexibility index (Phi) is 2.91. The molecule has 0 atom stereocenters. The number of benzene rings is 1. The molecule has 1 amide bonds. The van der Waals surface area contributed by atoms with Crippen molar-refractivity contribution in [1.82, 2.24) is 4.98 Å². The zero-order valence-corrected chi connectivity index (χ0v) is 9.61. The minimum Gasteiger partial charge on any atom is -0.441 e. The van der Waals surface area contributed by atoms with Crippen molar-refractivity contribution >= 4 is 28.5 Å². The predicted octanol–water partition coefficient (Wildman–Crippen LogP) is 2.05. The van der Waals surface area contributed by atoms with Crippen molar-refractivity contribution < 1.29 is 14.0 Å². The van der Waals surface area contributed by atoms with Crippen LogP contribution in [0.4, 0.5) is 5.69 Å². The summed E-state index contributed by atoms with van der Waals surface area (Å²) in [5.41, 5.74) is 1.97. The lowest BCUT2D eigenvalue weighted by atomic mass is 10.2. The summed E-state index contributed by atoms with van der Waals surface area (Å²) in [7, 11) is 0. The summed E-state index contributed by atoms with van der Waals surface area (Å²) >= 11 is 0. The van der Waals surface area contributed by atoms with E-state index >= 15 is 0 Å². The van der Waals surface area contributed by atoms with Crippen molar-refractivity contribution in [1.29, 1.82) is 0 Å². The third kappa shape index (κ3) is 2.69. The van der Waals surface area contributed by atoms with Gasteiger partial charge in [0.2, 0.25) is 5.91 Å². The SMILES string of the molecule is CC(=O)CC(=O)Nc1ccc2oc(C)nc2c1. The lowest BCUT2D eigenvalue weighted by Crippen LogP contribution is -2.14. The van der Waals surface area contributed by atoms with E-state index in [0.29, 0.717) is 22.7 Å². The van der Waals surface area contributed by atoms with E-state index in [1.165, 1.54) is 6.92 Å². The van der Waals surface area contributed by atoms with Crippen LogP contribution in [0.5, 0.6) is 0 Å². The first kappa shape index (κ1) is 11.3. The molecule has 17 heavy (non-hydrogen) atoms. The number of aromatic nitrogens is 1. The van der Waals surface area contributed by atoms with E-state index in [2.05, 4.69) is 10.3 Å². The summed E-state index contributed by atoms with van der Waals surface area (Å²) in [6.07, 6.45) is -0.115. The van der Waals surface area contributed by atoms with Crippen LogP contribution in [0.25, 0.3) is 11.1 Å². The maximum absolute atomic E-state index is 11.4. The monoisotopic (exact) mass is 232 g/mol. The van der Waals surface area contributed by atoms with Crippen molar-refractivity contribution in [3.05, 3.63) is 24.1 Å². The van der Waals surface area contributed by atoms with Crippen molar-refractivity contribution in [2.45, 2.75) is 20.3 Å². The Morgan fingerprint density at radius 1 is 1.41 bits per heavy atom. The van der Waals surface area contributed by atoms with Gasteiger partial charge >= 0.3 is 0 Å². The molecule has 2 aromatic rings. The summed E-state index contributed by atoms with van der Waals surface area (Å²) < 4.78 is 5.31. The van der Waals surface area contributed by atoms with Gasteiger partial charge in [0.15, 0.2) is 11.5 Å². The van der Waals surface area contributed by atoms with Crippen LogP contribution in [-0.4, -0.2) is 16.7 Å². The number of Topliss-reactive ketones (excluding diaryl/α,β-unsaturated/α-hetero) is 1. The van der Waals surface area contributed by atoms with Gasteiger partial charge in [-0.05, 0) is 25.1 Å². The highest BCUT2D eigenvalue weighted by molar-refractivity contribution is 6.04. The molecule has 5 heteroatoms. The van der Waals surface area contributed by atoms with E-state index in [9.17, 15) is 9.59 Å². The molecule has 5 nitrogen and oxygen atoms in total. The third-order valence-corrected chi connectivity index (χ3v) is 2.19. The van der Waals surface area contributed by atoms with Gasteiger partial charge in [0, 0.05) is 12.6 Å². The first-order chi connectivity index (χ1) is 8.04. The largest absolute Gasteiger partial charge is 0.441 e. The number of nitrogens with zero attached hydrogens (tertiary/aromatic N) is 1. The second-order valence-corrected chi connectivity index (χ2v) is 3.84. The second-order valence-electron chi connectivity index (χ2n) is 3.84. The highest BCUT2D eigenvalue weighted by Gasteiger charge is 2.07. The van der Waals surface area contributed by atoms with E-state index < -0.39 is 0 Å². The molecule has 2 rings (SSSR count). The quantitative estimate of drug-likeness (QED) is 0.822. The topological polar surface area (TPSA) is 72.2 Å². The molecule has 0 saturated heterocycles. The zero-order chi connectivity index (χ0) is 12.4. The van der Waals surface area contributed by atoms with Crippen molar-refractivity contribution in [3.63, 3.8) is 0 Å². The number of carbonyl (C=O) groups is 2. The molecule has 0 aliphatic rings. The fourth-order valence-electron chi connectivity index (χ4n) is 1.55. The Balaban J connectivity index is 2.19. The first-order valence-corrected chi connectivity index (χ1v) is 5.21. The minimum atomic E-state index is -0.322. The molecule has 1 aromatic carbocycles. The number of carbonyl (C=O) groups excluding carboxylic acids is 2. The molecule has 1 heterocycles. The van der Waals surface area contributed by atoms with Gasteiger partial charge in [0.25, 0.3) is 0 Å². The lowest BCUT2D eigenvalue weighted by Gasteiger charge is -2.02.